The molecule has 0 unspecified atom stereocenters. The minimum absolute atomic E-state index is 0.393. The Bertz CT molecular complexity index is 717. The van der Waals surface area contributed by atoms with Gasteiger partial charge in [0.2, 0.25) is 0 Å². The lowest BCUT2D eigenvalue weighted by Crippen LogP contribution is -2.21. The second-order valence-corrected chi connectivity index (χ2v) is 5.84. The van der Waals surface area contributed by atoms with Crippen LogP contribution < -0.4 is 9.47 Å². The Labute approximate surface area is 136 Å². The van der Waals surface area contributed by atoms with Crippen molar-refractivity contribution in [3.05, 3.63) is 59.7 Å². The molecule has 0 fully saturated rings. The summed E-state index contributed by atoms with van der Waals surface area (Å²) in [6, 6.07) is 14.9. The van der Waals surface area contributed by atoms with Crippen LogP contribution in [0, 0.1) is 0 Å². The fourth-order valence-corrected chi connectivity index (χ4v) is 2.48. The van der Waals surface area contributed by atoms with Crippen LogP contribution in [-0.2, 0) is 15.0 Å². The lowest BCUT2D eigenvalue weighted by atomic mass is 9.77. The van der Waals surface area contributed by atoms with Gasteiger partial charge in [-0.1, -0.05) is 44.2 Å². The highest BCUT2D eigenvalue weighted by Crippen LogP contribution is 2.39. The highest BCUT2D eigenvalue weighted by Gasteiger charge is 2.28. The number of benzene rings is 2. The van der Waals surface area contributed by atoms with Gasteiger partial charge in [0, 0.05) is 24.8 Å². The molecule has 0 aliphatic heterocycles. The maximum Gasteiger partial charge on any atom is 0.308 e. The highest BCUT2D eigenvalue weighted by molar-refractivity contribution is 5.72. The van der Waals surface area contributed by atoms with Crippen molar-refractivity contribution in [2.24, 2.45) is 0 Å². The smallest absolute Gasteiger partial charge is 0.308 e. The Morgan fingerprint density at radius 3 is 2.04 bits per heavy atom. The van der Waals surface area contributed by atoms with E-state index in [-0.39, 0.29) is 0 Å². The summed E-state index contributed by atoms with van der Waals surface area (Å²) in [7, 11) is 0. The predicted molar refractivity (Wildman–Crippen MR) is 87.6 cm³/mol. The van der Waals surface area contributed by atoms with Gasteiger partial charge >= 0.3 is 11.9 Å². The molecule has 0 aliphatic rings. The molecule has 0 atom stereocenters. The summed E-state index contributed by atoms with van der Waals surface area (Å²) in [5.74, 6) is 0.0960. The summed E-state index contributed by atoms with van der Waals surface area (Å²) >= 11 is 0. The number of hydrogen-bond donors (Lipinski definition) is 0. The van der Waals surface area contributed by atoms with Gasteiger partial charge in [0.15, 0.2) is 0 Å². The van der Waals surface area contributed by atoms with Gasteiger partial charge in [-0.15, -0.1) is 0 Å². The summed E-state index contributed by atoms with van der Waals surface area (Å²) in [4.78, 5) is 22.6. The van der Waals surface area contributed by atoms with Crippen LogP contribution >= 0.6 is 0 Å². The highest BCUT2D eigenvalue weighted by atomic mass is 16.5. The molecule has 0 radical (unpaired) electrons. The Morgan fingerprint density at radius 1 is 0.870 bits per heavy atom. The molecule has 23 heavy (non-hydrogen) atoms. The van der Waals surface area contributed by atoms with Gasteiger partial charge in [-0.3, -0.25) is 9.59 Å². The Morgan fingerprint density at radius 2 is 1.48 bits per heavy atom. The fourth-order valence-electron chi connectivity index (χ4n) is 2.48. The van der Waals surface area contributed by atoms with Crippen LogP contribution in [0.1, 0.15) is 38.8 Å². The van der Waals surface area contributed by atoms with Crippen molar-refractivity contribution >= 4 is 11.9 Å². The van der Waals surface area contributed by atoms with E-state index in [1.54, 1.807) is 18.2 Å². The van der Waals surface area contributed by atoms with Crippen LogP contribution in [0.4, 0.5) is 0 Å². The monoisotopic (exact) mass is 312 g/mol. The van der Waals surface area contributed by atoms with Gasteiger partial charge in [0.25, 0.3) is 0 Å². The molecule has 0 spiro atoms. The van der Waals surface area contributed by atoms with Crippen molar-refractivity contribution < 1.29 is 19.1 Å². The molecule has 0 N–H and O–H groups in total. The van der Waals surface area contributed by atoms with E-state index in [2.05, 4.69) is 0 Å². The molecule has 2 aromatic rings. The summed E-state index contributed by atoms with van der Waals surface area (Å²) in [6.07, 6.45) is 0. The quantitative estimate of drug-likeness (QED) is 0.635. The normalized spacial score (nSPS) is 11.0. The Kier molecular flexibility index (Phi) is 4.84. The molecule has 0 amide bonds. The number of rotatable bonds is 4. The topological polar surface area (TPSA) is 52.6 Å². The third kappa shape index (κ3) is 3.97. The molecular weight excluding hydrogens is 292 g/mol. The fraction of sp³-hybridized carbons (Fsp3) is 0.263. The van der Waals surface area contributed by atoms with E-state index < -0.39 is 17.4 Å². The second kappa shape index (κ2) is 6.65. The van der Waals surface area contributed by atoms with Crippen molar-refractivity contribution in [1.29, 1.82) is 0 Å². The Hall–Kier alpha value is -2.62. The van der Waals surface area contributed by atoms with Crippen LogP contribution in [0.2, 0.25) is 0 Å². The molecule has 0 aliphatic carbocycles. The number of hydrogen-bond acceptors (Lipinski definition) is 4. The first-order valence-corrected chi connectivity index (χ1v) is 7.37. The summed E-state index contributed by atoms with van der Waals surface area (Å²) in [5, 5.41) is 0. The van der Waals surface area contributed by atoms with Gasteiger partial charge in [0.1, 0.15) is 11.5 Å². The first-order valence-electron chi connectivity index (χ1n) is 7.37. The van der Waals surface area contributed by atoms with Crippen molar-refractivity contribution in [3.63, 3.8) is 0 Å². The van der Waals surface area contributed by atoms with E-state index in [1.165, 1.54) is 13.8 Å². The molecule has 2 rings (SSSR count). The van der Waals surface area contributed by atoms with Gasteiger partial charge in [0.05, 0.1) is 0 Å². The lowest BCUT2D eigenvalue weighted by Gasteiger charge is -2.28. The lowest BCUT2D eigenvalue weighted by molar-refractivity contribution is -0.133. The van der Waals surface area contributed by atoms with Crippen molar-refractivity contribution in [2.45, 2.75) is 33.1 Å². The largest absolute Gasteiger partial charge is 0.427 e. The van der Waals surface area contributed by atoms with E-state index in [1.807, 2.05) is 44.2 Å². The Balaban J connectivity index is 2.55. The minimum Gasteiger partial charge on any atom is -0.427 e. The molecule has 0 heterocycles. The average molecular weight is 312 g/mol. The summed E-state index contributed by atoms with van der Waals surface area (Å²) < 4.78 is 10.5. The van der Waals surface area contributed by atoms with E-state index >= 15 is 0 Å². The number of carbonyl (C=O) groups is 2. The van der Waals surface area contributed by atoms with Gasteiger partial charge in [-0.05, 0) is 23.8 Å². The molecule has 2 aromatic carbocycles. The van der Waals surface area contributed by atoms with Gasteiger partial charge < -0.3 is 9.47 Å². The molecule has 0 saturated carbocycles. The van der Waals surface area contributed by atoms with E-state index in [9.17, 15) is 9.59 Å². The third-order valence-corrected chi connectivity index (χ3v) is 3.64. The van der Waals surface area contributed by atoms with Crippen LogP contribution in [-0.4, -0.2) is 11.9 Å². The van der Waals surface area contributed by atoms with Crippen LogP contribution in [0.5, 0.6) is 11.5 Å². The van der Waals surface area contributed by atoms with Crippen molar-refractivity contribution in [2.75, 3.05) is 0 Å². The van der Waals surface area contributed by atoms with Crippen molar-refractivity contribution in [1.82, 2.24) is 0 Å². The second-order valence-electron chi connectivity index (χ2n) is 5.84. The molecular formula is C19H20O4. The first-order chi connectivity index (χ1) is 10.8. The maximum atomic E-state index is 11.4. The number of esters is 2. The van der Waals surface area contributed by atoms with Crippen LogP contribution in [0.15, 0.2) is 48.5 Å². The maximum absolute atomic E-state index is 11.4. The zero-order chi connectivity index (χ0) is 17.0. The average Bonchev–Trinajstić information content (AvgIpc) is 2.48. The molecule has 0 aromatic heterocycles. The number of carbonyl (C=O) groups excluding carboxylic acids is 2. The van der Waals surface area contributed by atoms with Gasteiger partial charge in [-0.2, -0.15) is 0 Å². The SMILES string of the molecule is CC(=O)Oc1ccc(OC(C)=O)c(C(C)(C)c2ccccc2)c1. The van der Waals surface area contributed by atoms with Gasteiger partial charge in [-0.25, -0.2) is 0 Å². The van der Waals surface area contributed by atoms with E-state index in [4.69, 9.17) is 9.47 Å². The predicted octanol–water partition coefficient (Wildman–Crippen LogP) is 3.86. The molecule has 4 heteroatoms. The molecule has 4 nitrogen and oxygen atoms in total. The third-order valence-electron chi connectivity index (χ3n) is 3.64. The van der Waals surface area contributed by atoms with Crippen LogP contribution in [0.25, 0.3) is 0 Å². The number of ether oxygens (including phenoxy) is 2. The van der Waals surface area contributed by atoms with E-state index in [0.29, 0.717) is 11.5 Å². The van der Waals surface area contributed by atoms with E-state index in [0.717, 1.165) is 11.1 Å². The first kappa shape index (κ1) is 16.7. The zero-order valence-corrected chi connectivity index (χ0v) is 13.8. The molecule has 120 valence electrons. The zero-order valence-electron chi connectivity index (χ0n) is 13.8. The molecule has 0 bridgehead atoms. The molecule has 0 saturated heterocycles. The minimum atomic E-state index is -0.428. The summed E-state index contributed by atoms with van der Waals surface area (Å²) in [5.41, 5.74) is 1.41. The van der Waals surface area contributed by atoms with Crippen molar-refractivity contribution in [3.8, 4) is 11.5 Å². The van der Waals surface area contributed by atoms with Crippen LogP contribution in [0.3, 0.4) is 0 Å². The summed E-state index contributed by atoms with van der Waals surface area (Å²) in [6.45, 7) is 6.77. The standard InChI is InChI=1S/C19H20O4/c1-13(20)22-16-10-11-18(23-14(2)21)17(12-16)19(3,4)15-8-6-5-7-9-15/h5-12H,1-4H3.